The molecule has 1 amide bonds. The molecule has 3 heteroatoms. The lowest BCUT2D eigenvalue weighted by atomic mass is 10.0. The minimum Gasteiger partial charge on any atom is -0.396 e. The van der Waals surface area contributed by atoms with Crippen LogP contribution in [0.25, 0.3) is 0 Å². The zero-order chi connectivity index (χ0) is 8.55. The van der Waals surface area contributed by atoms with Crippen molar-refractivity contribution in [2.45, 2.75) is 31.7 Å². The predicted molar refractivity (Wildman–Crippen MR) is 44.5 cm³/mol. The summed E-state index contributed by atoms with van der Waals surface area (Å²) in [4.78, 5) is 11.1. The molecular weight excluding hydrogens is 154 g/mol. The van der Waals surface area contributed by atoms with Crippen molar-refractivity contribution in [2.75, 3.05) is 6.61 Å². The largest absolute Gasteiger partial charge is 0.396 e. The number of aliphatic hydroxyl groups excluding tert-OH is 1. The highest BCUT2D eigenvalue weighted by Crippen LogP contribution is 2.35. The van der Waals surface area contributed by atoms with E-state index in [1.54, 1.807) is 0 Å². The summed E-state index contributed by atoms with van der Waals surface area (Å²) in [7, 11) is 0. The molecule has 0 radical (unpaired) electrons. The van der Waals surface area contributed by atoms with E-state index in [2.05, 4.69) is 5.32 Å². The van der Waals surface area contributed by atoms with E-state index in [0.717, 1.165) is 18.8 Å². The first kappa shape index (κ1) is 8.05. The third-order valence-corrected chi connectivity index (χ3v) is 2.82. The maximum absolute atomic E-state index is 11.1. The topological polar surface area (TPSA) is 49.3 Å². The summed E-state index contributed by atoms with van der Waals surface area (Å²) < 4.78 is 0. The minimum atomic E-state index is -0.131. The zero-order valence-corrected chi connectivity index (χ0v) is 7.12. The first-order valence-electron chi connectivity index (χ1n) is 4.71. The summed E-state index contributed by atoms with van der Waals surface area (Å²) in [5.74, 6) is 0.768. The third kappa shape index (κ3) is 1.61. The standard InChI is InChI=1S/C9H15NO2/c11-5-7-4-8(10-9(7)12)3-6-1-2-6/h6-8,11H,1-5H2,(H,10,12). The van der Waals surface area contributed by atoms with Gasteiger partial charge in [0.1, 0.15) is 0 Å². The Morgan fingerprint density at radius 2 is 2.25 bits per heavy atom. The van der Waals surface area contributed by atoms with Crippen LogP contribution in [0.5, 0.6) is 0 Å². The fourth-order valence-corrected chi connectivity index (χ4v) is 1.90. The monoisotopic (exact) mass is 169 g/mol. The average molecular weight is 169 g/mol. The smallest absolute Gasteiger partial charge is 0.225 e. The molecule has 1 heterocycles. The van der Waals surface area contributed by atoms with E-state index in [9.17, 15) is 4.79 Å². The molecule has 0 aromatic carbocycles. The van der Waals surface area contributed by atoms with Crippen molar-refractivity contribution >= 4 is 5.91 Å². The van der Waals surface area contributed by atoms with Gasteiger partial charge < -0.3 is 10.4 Å². The van der Waals surface area contributed by atoms with E-state index < -0.39 is 0 Å². The second-order valence-electron chi connectivity index (χ2n) is 4.00. The van der Waals surface area contributed by atoms with Crippen molar-refractivity contribution in [1.29, 1.82) is 0 Å². The van der Waals surface area contributed by atoms with Crippen molar-refractivity contribution in [1.82, 2.24) is 5.32 Å². The Morgan fingerprint density at radius 1 is 1.50 bits per heavy atom. The van der Waals surface area contributed by atoms with Gasteiger partial charge in [0.2, 0.25) is 5.91 Å². The Morgan fingerprint density at radius 3 is 2.75 bits per heavy atom. The van der Waals surface area contributed by atoms with Crippen LogP contribution in [0, 0.1) is 11.8 Å². The Kier molecular flexibility index (Phi) is 2.05. The van der Waals surface area contributed by atoms with Gasteiger partial charge in [0, 0.05) is 6.04 Å². The highest BCUT2D eigenvalue weighted by atomic mass is 16.3. The second-order valence-corrected chi connectivity index (χ2v) is 4.00. The van der Waals surface area contributed by atoms with Gasteiger partial charge in [0.25, 0.3) is 0 Å². The summed E-state index contributed by atoms with van der Waals surface area (Å²) in [5.41, 5.74) is 0. The molecule has 1 saturated carbocycles. The first-order chi connectivity index (χ1) is 5.79. The number of carbonyl (C=O) groups excluding carboxylic acids is 1. The third-order valence-electron chi connectivity index (χ3n) is 2.82. The number of amides is 1. The SMILES string of the molecule is O=C1NC(CC2CC2)CC1CO. The summed E-state index contributed by atoms with van der Waals surface area (Å²) in [6, 6.07) is 0.349. The number of nitrogens with one attached hydrogen (secondary N) is 1. The van der Waals surface area contributed by atoms with Gasteiger partial charge in [-0.2, -0.15) is 0 Å². The quantitative estimate of drug-likeness (QED) is 0.637. The lowest BCUT2D eigenvalue weighted by molar-refractivity contribution is -0.123. The number of carbonyl (C=O) groups is 1. The van der Waals surface area contributed by atoms with Crippen LogP contribution in [-0.4, -0.2) is 23.7 Å². The molecule has 0 aromatic rings. The fraction of sp³-hybridized carbons (Fsp3) is 0.889. The molecule has 2 fully saturated rings. The average Bonchev–Trinajstić information content (AvgIpc) is 2.76. The Bertz CT molecular complexity index is 189. The van der Waals surface area contributed by atoms with E-state index in [-0.39, 0.29) is 18.4 Å². The molecule has 1 aliphatic carbocycles. The number of hydrogen-bond donors (Lipinski definition) is 2. The molecule has 1 aliphatic heterocycles. The van der Waals surface area contributed by atoms with Gasteiger partial charge in [-0.1, -0.05) is 12.8 Å². The molecule has 0 spiro atoms. The normalized spacial score (nSPS) is 35.2. The summed E-state index contributed by atoms with van der Waals surface area (Å²) in [6.45, 7) is 0.00694. The summed E-state index contributed by atoms with van der Waals surface area (Å²) in [5, 5.41) is 11.8. The van der Waals surface area contributed by atoms with Gasteiger partial charge in [-0.15, -0.1) is 0 Å². The molecule has 0 bridgehead atoms. The van der Waals surface area contributed by atoms with E-state index in [4.69, 9.17) is 5.11 Å². The van der Waals surface area contributed by atoms with Crippen LogP contribution in [0.1, 0.15) is 25.7 Å². The van der Waals surface area contributed by atoms with E-state index in [1.807, 2.05) is 0 Å². The van der Waals surface area contributed by atoms with Crippen molar-refractivity contribution in [2.24, 2.45) is 11.8 Å². The molecule has 0 aromatic heterocycles. The highest BCUT2D eigenvalue weighted by Gasteiger charge is 2.34. The molecular formula is C9H15NO2. The molecule has 68 valence electrons. The Balaban J connectivity index is 1.82. The molecule has 2 rings (SSSR count). The van der Waals surface area contributed by atoms with Crippen LogP contribution in [-0.2, 0) is 4.79 Å². The van der Waals surface area contributed by atoms with E-state index in [1.165, 1.54) is 12.8 Å². The van der Waals surface area contributed by atoms with Crippen LogP contribution in [0.4, 0.5) is 0 Å². The fourth-order valence-electron chi connectivity index (χ4n) is 1.90. The lowest BCUT2D eigenvalue weighted by Crippen LogP contribution is -2.27. The van der Waals surface area contributed by atoms with Crippen molar-refractivity contribution in [3.05, 3.63) is 0 Å². The summed E-state index contributed by atoms with van der Waals surface area (Å²) >= 11 is 0. The first-order valence-corrected chi connectivity index (χ1v) is 4.71. The maximum Gasteiger partial charge on any atom is 0.225 e. The number of hydrogen-bond acceptors (Lipinski definition) is 2. The van der Waals surface area contributed by atoms with Crippen molar-refractivity contribution in [3.63, 3.8) is 0 Å². The van der Waals surface area contributed by atoms with Gasteiger partial charge in [0.15, 0.2) is 0 Å². The molecule has 2 N–H and O–H groups in total. The lowest BCUT2D eigenvalue weighted by Gasteiger charge is -2.07. The molecule has 12 heavy (non-hydrogen) atoms. The van der Waals surface area contributed by atoms with Crippen LogP contribution < -0.4 is 5.32 Å². The molecule has 2 unspecified atom stereocenters. The zero-order valence-electron chi connectivity index (χ0n) is 7.12. The number of rotatable bonds is 3. The maximum atomic E-state index is 11.1. The number of aliphatic hydroxyl groups is 1. The minimum absolute atomic E-state index is 0.00694. The Hall–Kier alpha value is -0.570. The van der Waals surface area contributed by atoms with Gasteiger partial charge in [-0.05, 0) is 18.8 Å². The second kappa shape index (κ2) is 3.05. The van der Waals surface area contributed by atoms with Crippen molar-refractivity contribution < 1.29 is 9.90 Å². The molecule has 3 nitrogen and oxygen atoms in total. The molecule has 1 saturated heterocycles. The predicted octanol–water partition coefficient (Wildman–Crippen LogP) is 0.283. The van der Waals surface area contributed by atoms with E-state index in [0.29, 0.717) is 6.04 Å². The van der Waals surface area contributed by atoms with E-state index >= 15 is 0 Å². The van der Waals surface area contributed by atoms with Crippen LogP contribution in [0.15, 0.2) is 0 Å². The van der Waals surface area contributed by atoms with Crippen LogP contribution in [0.2, 0.25) is 0 Å². The van der Waals surface area contributed by atoms with Gasteiger partial charge >= 0.3 is 0 Å². The summed E-state index contributed by atoms with van der Waals surface area (Å²) in [6.07, 6.45) is 4.63. The highest BCUT2D eigenvalue weighted by molar-refractivity contribution is 5.81. The van der Waals surface area contributed by atoms with Crippen molar-refractivity contribution in [3.8, 4) is 0 Å². The van der Waals surface area contributed by atoms with Gasteiger partial charge in [0.05, 0.1) is 12.5 Å². The molecule has 2 atom stereocenters. The van der Waals surface area contributed by atoms with Gasteiger partial charge in [-0.25, -0.2) is 0 Å². The Labute approximate surface area is 72.2 Å². The van der Waals surface area contributed by atoms with Crippen LogP contribution >= 0.6 is 0 Å². The molecule has 2 aliphatic rings. The van der Waals surface area contributed by atoms with Gasteiger partial charge in [-0.3, -0.25) is 4.79 Å². The van der Waals surface area contributed by atoms with Crippen LogP contribution in [0.3, 0.4) is 0 Å².